The molecule has 4 rings (SSSR count). The van der Waals surface area contributed by atoms with Crippen LogP contribution in [0.5, 0.6) is 0 Å². The Morgan fingerprint density at radius 3 is 2.44 bits per heavy atom. The fourth-order valence-electron chi connectivity index (χ4n) is 4.52. The van der Waals surface area contributed by atoms with Crippen molar-refractivity contribution in [2.75, 3.05) is 23.3 Å². The third-order valence-corrected chi connectivity index (χ3v) is 8.07. The van der Waals surface area contributed by atoms with Crippen LogP contribution in [0, 0.1) is 12.8 Å². The first kappa shape index (κ1) is 26.1. The molecule has 0 aliphatic carbocycles. The molecule has 1 saturated heterocycles. The van der Waals surface area contributed by atoms with Gasteiger partial charge in [-0.25, -0.2) is 0 Å². The molecule has 3 amide bonds. The Hall–Kier alpha value is -2.97. The molecule has 2 aliphatic heterocycles. The lowest BCUT2D eigenvalue weighted by Crippen LogP contribution is -2.36. The molecule has 188 valence electrons. The number of carbonyl (C=O) groups excluding carboxylic acids is 3. The van der Waals surface area contributed by atoms with Crippen molar-refractivity contribution in [1.29, 1.82) is 0 Å². The van der Waals surface area contributed by atoms with Crippen molar-refractivity contribution in [3.63, 3.8) is 0 Å². The lowest BCUT2D eigenvalue weighted by atomic mass is 9.98. The van der Waals surface area contributed by atoms with E-state index in [1.807, 2.05) is 49.4 Å². The predicted molar refractivity (Wildman–Crippen MR) is 151 cm³/mol. The summed E-state index contributed by atoms with van der Waals surface area (Å²) in [6.45, 7) is 6.68. The number of benzene rings is 2. The molecule has 0 spiro atoms. The van der Waals surface area contributed by atoms with Crippen LogP contribution in [-0.4, -0.2) is 40.0 Å². The molecule has 0 bridgehead atoms. The average molecular weight is 522 g/mol. The van der Waals surface area contributed by atoms with Crippen molar-refractivity contribution < 1.29 is 14.4 Å². The van der Waals surface area contributed by atoms with E-state index in [9.17, 15) is 14.4 Å². The van der Waals surface area contributed by atoms with E-state index in [1.54, 1.807) is 11.0 Å². The second kappa shape index (κ2) is 11.4. The zero-order valence-electron chi connectivity index (χ0n) is 20.9. The van der Waals surface area contributed by atoms with Crippen molar-refractivity contribution in [3.8, 4) is 0 Å². The third-order valence-electron chi connectivity index (χ3n) is 6.62. The number of amides is 3. The number of hydrogen-bond donors (Lipinski definition) is 1. The van der Waals surface area contributed by atoms with Crippen LogP contribution in [0.25, 0.3) is 5.57 Å². The van der Waals surface area contributed by atoms with Gasteiger partial charge in [-0.2, -0.15) is 0 Å². The van der Waals surface area contributed by atoms with Gasteiger partial charge >= 0.3 is 0 Å². The number of rotatable bonds is 9. The minimum atomic E-state index is -0.353. The predicted octanol–water partition coefficient (Wildman–Crippen LogP) is 5.77. The molecule has 2 aromatic rings. The van der Waals surface area contributed by atoms with E-state index in [-0.39, 0.29) is 24.3 Å². The van der Waals surface area contributed by atoms with E-state index in [1.165, 1.54) is 16.7 Å². The molecular formula is C28H31N3O3S2. The monoisotopic (exact) mass is 521 g/mol. The Kier molecular flexibility index (Phi) is 8.26. The highest BCUT2D eigenvalue weighted by molar-refractivity contribution is 8.26. The zero-order chi connectivity index (χ0) is 25.8. The molecule has 1 fully saturated rings. The topological polar surface area (TPSA) is 69.7 Å². The van der Waals surface area contributed by atoms with Crippen LogP contribution >= 0.6 is 24.0 Å². The molecule has 0 saturated carbocycles. The minimum absolute atomic E-state index is 0.150. The molecule has 2 heterocycles. The number of thiocarbonyl (C=S) groups is 1. The average Bonchev–Trinajstić information content (AvgIpc) is 3.30. The molecule has 0 radical (unpaired) electrons. The highest BCUT2D eigenvalue weighted by Crippen LogP contribution is 2.44. The van der Waals surface area contributed by atoms with Gasteiger partial charge in [0.05, 0.1) is 16.2 Å². The standard InChI is InChI=1S/C28H31N3O3S2/c1-4-6-9-19(5-2)16-31-27(34)25(36-28(31)35)24-21-10-7-8-11-22(21)30(26(24)33)17-23(32)29-20-14-12-18(3)13-15-20/h7-8,10-15,19H,4-6,9,16-17H2,1-3H3,(H,29,32)/b25-24-/t19-/m0/s1. The van der Waals surface area contributed by atoms with E-state index >= 15 is 0 Å². The van der Waals surface area contributed by atoms with Crippen molar-refractivity contribution in [2.45, 2.75) is 46.5 Å². The van der Waals surface area contributed by atoms with Crippen molar-refractivity contribution in [3.05, 3.63) is 64.6 Å². The number of carbonyl (C=O) groups is 3. The molecule has 2 aromatic carbocycles. The van der Waals surface area contributed by atoms with Crippen molar-refractivity contribution in [2.24, 2.45) is 5.92 Å². The molecule has 0 unspecified atom stereocenters. The summed E-state index contributed by atoms with van der Waals surface area (Å²) in [5.74, 6) is -0.513. The minimum Gasteiger partial charge on any atom is -0.325 e. The summed E-state index contributed by atoms with van der Waals surface area (Å²) < 4.78 is 0.485. The number of anilines is 2. The Bertz CT molecular complexity index is 1220. The van der Waals surface area contributed by atoms with Crippen LogP contribution in [0.4, 0.5) is 11.4 Å². The van der Waals surface area contributed by atoms with Gasteiger partial charge in [0.15, 0.2) is 0 Å². The molecule has 8 heteroatoms. The Morgan fingerprint density at radius 2 is 1.75 bits per heavy atom. The van der Waals surface area contributed by atoms with Gasteiger partial charge in [-0.1, -0.05) is 93.0 Å². The first-order valence-electron chi connectivity index (χ1n) is 12.4. The molecule has 1 N–H and O–H groups in total. The summed E-state index contributed by atoms with van der Waals surface area (Å²) in [6.07, 6.45) is 4.23. The van der Waals surface area contributed by atoms with Crippen molar-refractivity contribution in [1.82, 2.24) is 4.90 Å². The number of para-hydroxylation sites is 1. The summed E-state index contributed by atoms with van der Waals surface area (Å²) in [7, 11) is 0. The SMILES string of the molecule is CCCC[C@H](CC)CN1C(=O)/C(=C2/C(=O)N(CC(=O)Nc3ccc(C)cc3)c3ccccc32)SC1=S. The molecule has 0 aromatic heterocycles. The highest BCUT2D eigenvalue weighted by Gasteiger charge is 2.42. The summed E-state index contributed by atoms with van der Waals surface area (Å²) in [5.41, 5.74) is 3.37. The normalized spacial score (nSPS) is 18.1. The summed E-state index contributed by atoms with van der Waals surface area (Å²) >= 11 is 6.76. The van der Waals surface area contributed by atoms with Gasteiger partial charge in [-0.05, 0) is 37.5 Å². The first-order valence-corrected chi connectivity index (χ1v) is 13.6. The lowest BCUT2D eigenvalue weighted by molar-refractivity contribution is -0.123. The number of nitrogens with zero attached hydrogens (tertiary/aromatic N) is 2. The smallest absolute Gasteiger partial charge is 0.267 e. The number of hydrogen-bond acceptors (Lipinski definition) is 5. The lowest BCUT2D eigenvalue weighted by Gasteiger charge is -2.21. The van der Waals surface area contributed by atoms with Gasteiger partial charge in [0.1, 0.15) is 10.9 Å². The maximum absolute atomic E-state index is 13.6. The van der Waals surface area contributed by atoms with E-state index in [4.69, 9.17) is 12.2 Å². The van der Waals surface area contributed by atoms with E-state index < -0.39 is 0 Å². The van der Waals surface area contributed by atoms with Crippen LogP contribution in [-0.2, 0) is 14.4 Å². The van der Waals surface area contributed by atoms with Gasteiger partial charge in [0.25, 0.3) is 11.8 Å². The van der Waals surface area contributed by atoms with E-state index in [0.29, 0.717) is 44.2 Å². The van der Waals surface area contributed by atoms with Gasteiger partial charge in [-0.3, -0.25) is 24.2 Å². The Morgan fingerprint density at radius 1 is 1.03 bits per heavy atom. The number of aryl methyl sites for hydroxylation is 1. The Balaban J connectivity index is 1.58. The molecule has 2 aliphatic rings. The summed E-state index contributed by atoms with van der Waals surface area (Å²) in [6, 6.07) is 14.8. The fraction of sp³-hybridized carbons (Fsp3) is 0.357. The number of nitrogens with one attached hydrogen (secondary N) is 1. The number of fused-ring (bicyclic) bond motifs is 1. The molecule has 1 atom stereocenters. The largest absolute Gasteiger partial charge is 0.325 e. The maximum Gasteiger partial charge on any atom is 0.267 e. The van der Waals surface area contributed by atoms with Gasteiger partial charge in [0, 0.05) is 17.8 Å². The van der Waals surface area contributed by atoms with E-state index in [0.717, 1.165) is 31.2 Å². The summed E-state index contributed by atoms with van der Waals surface area (Å²) in [5, 5.41) is 2.85. The fourth-order valence-corrected chi connectivity index (χ4v) is 5.87. The molecule has 6 nitrogen and oxygen atoms in total. The summed E-state index contributed by atoms with van der Waals surface area (Å²) in [4.78, 5) is 43.4. The van der Waals surface area contributed by atoms with Gasteiger partial charge in [0.2, 0.25) is 5.91 Å². The van der Waals surface area contributed by atoms with Gasteiger partial charge < -0.3 is 5.32 Å². The van der Waals surface area contributed by atoms with Crippen LogP contribution in [0.3, 0.4) is 0 Å². The van der Waals surface area contributed by atoms with Crippen LogP contribution < -0.4 is 10.2 Å². The Labute approximate surface area is 222 Å². The number of unbranched alkanes of at least 4 members (excludes halogenated alkanes) is 1. The first-order chi connectivity index (χ1) is 17.3. The molecular weight excluding hydrogens is 490 g/mol. The number of thioether (sulfide) groups is 1. The van der Waals surface area contributed by atoms with Crippen LogP contribution in [0.1, 0.15) is 50.7 Å². The second-order valence-corrected chi connectivity index (χ2v) is 10.9. The van der Waals surface area contributed by atoms with E-state index in [2.05, 4.69) is 19.2 Å². The maximum atomic E-state index is 13.6. The quantitative estimate of drug-likeness (QED) is 0.335. The second-order valence-electron chi connectivity index (χ2n) is 9.23. The third kappa shape index (κ3) is 5.39. The molecule has 36 heavy (non-hydrogen) atoms. The highest BCUT2D eigenvalue weighted by atomic mass is 32.2. The van der Waals surface area contributed by atoms with Gasteiger partial charge in [-0.15, -0.1) is 0 Å². The zero-order valence-corrected chi connectivity index (χ0v) is 22.5. The van der Waals surface area contributed by atoms with Crippen molar-refractivity contribution >= 4 is 63.0 Å². The van der Waals surface area contributed by atoms with Crippen LogP contribution in [0.2, 0.25) is 0 Å². The van der Waals surface area contributed by atoms with Crippen LogP contribution in [0.15, 0.2) is 53.4 Å².